The van der Waals surface area contributed by atoms with Crippen molar-refractivity contribution >= 4 is 40.5 Å². The van der Waals surface area contributed by atoms with Gasteiger partial charge >= 0.3 is 17.9 Å². The summed E-state index contributed by atoms with van der Waals surface area (Å²) in [5.41, 5.74) is -0.801. The summed E-state index contributed by atoms with van der Waals surface area (Å²) >= 11 is 2.15. The number of benzene rings is 1. The Hall–Kier alpha value is -2.10. The lowest BCUT2D eigenvalue weighted by molar-refractivity contribution is -0.172. The molecule has 0 aromatic heterocycles. The Kier molecular flexibility index (Phi) is 10.7. The SMILES string of the molecule is CCOC(=O)C(C/C=C/COC(C)=O)(Cc1cc(OC)ccc1I)C(=O)OCC. The van der Waals surface area contributed by atoms with Gasteiger partial charge in [-0.15, -0.1) is 0 Å². The summed E-state index contributed by atoms with van der Waals surface area (Å²) < 4.78 is 21.5. The second-order valence-electron chi connectivity index (χ2n) is 6.14. The topological polar surface area (TPSA) is 88.1 Å². The van der Waals surface area contributed by atoms with Crippen LogP contribution in [0.1, 0.15) is 32.8 Å². The Balaban J connectivity index is 3.33. The lowest BCUT2D eigenvalue weighted by Gasteiger charge is -2.29. The molecule has 0 radical (unpaired) electrons. The zero-order valence-corrected chi connectivity index (χ0v) is 19.3. The second kappa shape index (κ2) is 12.5. The molecule has 160 valence electrons. The van der Waals surface area contributed by atoms with Crippen molar-refractivity contribution in [1.82, 2.24) is 0 Å². The molecule has 1 rings (SSSR count). The van der Waals surface area contributed by atoms with E-state index < -0.39 is 23.3 Å². The maximum atomic E-state index is 12.9. The highest BCUT2D eigenvalue weighted by atomic mass is 127. The number of carbonyl (C=O) groups excluding carboxylic acids is 3. The zero-order valence-electron chi connectivity index (χ0n) is 17.2. The van der Waals surface area contributed by atoms with Crippen LogP contribution in [0.2, 0.25) is 0 Å². The predicted molar refractivity (Wildman–Crippen MR) is 116 cm³/mol. The van der Waals surface area contributed by atoms with Crippen molar-refractivity contribution in [3.8, 4) is 5.75 Å². The van der Waals surface area contributed by atoms with Gasteiger partial charge in [-0.2, -0.15) is 0 Å². The number of hydrogen-bond acceptors (Lipinski definition) is 7. The average molecular weight is 518 g/mol. The van der Waals surface area contributed by atoms with Crippen LogP contribution in [0, 0.1) is 8.99 Å². The number of rotatable bonds is 11. The third-order valence-corrected chi connectivity index (χ3v) is 5.15. The fraction of sp³-hybridized carbons (Fsp3) is 0.476. The van der Waals surface area contributed by atoms with Crippen LogP contribution in [0.5, 0.6) is 5.75 Å². The van der Waals surface area contributed by atoms with Crippen LogP contribution in [0.4, 0.5) is 0 Å². The highest BCUT2D eigenvalue weighted by Crippen LogP contribution is 2.34. The number of carbonyl (C=O) groups is 3. The van der Waals surface area contributed by atoms with Gasteiger partial charge in [-0.1, -0.05) is 12.2 Å². The van der Waals surface area contributed by atoms with Crippen molar-refractivity contribution in [1.29, 1.82) is 0 Å². The molecule has 0 atom stereocenters. The summed E-state index contributed by atoms with van der Waals surface area (Å²) in [6.07, 6.45) is 3.34. The number of ether oxygens (including phenoxy) is 4. The lowest BCUT2D eigenvalue weighted by atomic mass is 9.78. The molecule has 0 amide bonds. The second-order valence-corrected chi connectivity index (χ2v) is 7.30. The van der Waals surface area contributed by atoms with Crippen molar-refractivity contribution in [3.63, 3.8) is 0 Å². The van der Waals surface area contributed by atoms with E-state index >= 15 is 0 Å². The third-order valence-electron chi connectivity index (χ3n) is 4.09. The molecule has 0 aliphatic carbocycles. The first-order chi connectivity index (χ1) is 13.8. The van der Waals surface area contributed by atoms with Gasteiger partial charge in [0.15, 0.2) is 5.41 Å². The Morgan fingerprint density at radius 3 is 2.17 bits per heavy atom. The number of hydrogen-bond donors (Lipinski definition) is 0. The molecule has 0 N–H and O–H groups in total. The summed E-state index contributed by atoms with van der Waals surface area (Å²) in [6, 6.07) is 5.45. The fourth-order valence-electron chi connectivity index (χ4n) is 2.66. The summed E-state index contributed by atoms with van der Waals surface area (Å²) in [6.45, 7) is 4.98. The first-order valence-electron chi connectivity index (χ1n) is 9.25. The van der Waals surface area contributed by atoms with Crippen LogP contribution < -0.4 is 4.74 Å². The molecule has 0 fully saturated rings. The van der Waals surface area contributed by atoms with Crippen molar-refractivity contribution in [2.75, 3.05) is 26.9 Å². The molecule has 0 aliphatic rings. The minimum Gasteiger partial charge on any atom is -0.497 e. The van der Waals surface area contributed by atoms with E-state index in [-0.39, 0.29) is 32.7 Å². The van der Waals surface area contributed by atoms with E-state index in [0.717, 1.165) is 9.13 Å². The van der Waals surface area contributed by atoms with Crippen LogP contribution >= 0.6 is 22.6 Å². The van der Waals surface area contributed by atoms with E-state index in [0.29, 0.717) is 5.75 Å². The molecule has 0 aliphatic heterocycles. The standard InChI is InChI=1S/C21H27IO7/c1-5-27-19(24)21(20(25)28-6-2,11-7-8-12-29-15(3)23)14-16-13-17(26-4)9-10-18(16)22/h7-10,13H,5-6,11-12,14H2,1-4H3/b8-7+. The molecule has 0 heterocycles. The van der Waals surface area contributed by atoms with E-state index in [1.54, 1.807) is 45.2 Å². The van der Waals surface area contributed by atoms with E-state index in [9.17, 15) is 14.4 Å². The van der Waals surface area contributed by atoms with E-state index in [4.69, 9.17) is 18.9 Å². The van der Waals surface area contributed by atoms with E-state index in [1.165, 1.54) is 6.92 Å². The highest BCUT2D eigenvalue weighted by molar-refractivity contribution is 14.1. The molecule has 0 spiro atoms. The Morgan fingerprint density at radius 1 is 1.03 bits per heavy atom. The van der Waals surface area contributed by atoms with Gasteiger partial charge < -0.3 is 18.9 Å². The maximum Gasteiger partial charge on any atom is 0.324 e. The van der Waals surface area contributed by atoms with Crippen molar-refractivity contribution in [2.24, 2.45) is 5.41 Å². The molecule has 0 saturated heterocycles. The smallest absolute Gasteiger partial charge is 0.324 e. The minimum absolute atomic E-state index is 0.0409. The van der Waals surface area contributed by atoms with Crippen molar-refractivity contribution in [3.05, 3.63) is 39.5 Å². The highest BCUT2D eigenvalue weighted by Gasteiger charge is 2.48. The Labute approximate surface area is 184 Å². The fourth-order valence-corrected chi connectivity index (χ4v) is 3.19. The number of esters is 3. The van der Waals surface area contributed by atoms with Gasteiger partial charge in [0.05, 0.1) is 20.3 Å². The lowest BCUT2D eigenvalue weighted by Crippen LogP contribution is -2.44. The van der Waals surface area contributed by atoms with Gasteiger partial charge in [-0.3, -0.25) is 14.4 Å². The Bertz CT molecular complexity index is 725. The molecule has 29 heavy (non-hydrogen) atoms. The average Bonchev–Trinajstić information content (AvgIpc) is 2.68. The molecular weight excluding hydrogens is 491 g/mol. The Morgan fingerprint density at radius 2 is 1.66 bits per heavy atom. The van der Waals surface area contributed by atoms with Gasteiger partial charge in [-0.05, 0) is 66.6 Å². The van der Waals surface area contributed by atoms with E-state index in [2.05, 4.69) is 22.6 Å². The van der Waals surface area contributed by atoms with Gasteiger partial charge in [0, 0.05) is 16.9 Å². The van der Waals surface area contributed by atoms with Crippen LogP contribution in [0.3, 0.4) is 0 Å². The molecule has 8 heteroatoms. The molecule has 0 saturated carbocycles. The summed E-state index contributed by atoms with van der Waals surface area (Å²) in [4.78, 5) is 36.8. The first-order valence-corrected chi connectivity index (χ1v) is 10.3. The van der Waals surface area contributed by atoms with Gasteiger partial charge in [0.2, 0.25) is 0 Å². The minimum atomic E-state index is -1.56. The predicted octanol–water partition coefficient (Wildman–Crippen LogP) is 3.46. The molecule has 7 nitrogen and oxygen atoms in total. The van der Waals surface area contributed by atoms with Crippen LogP contribution in [-0.2, 0) is 35.0 Å². The largest absolute Gasteiger partial charge is 0.497 e. The molecular formula is C21H27IO7. The molecule has 0 unspecified atom stereocenters. The van der Waals surface area contributed by atoms with Gasteiger partial charge in [0.25, 0.3) is 0 Å². The normalized spacial score (nSPS) is 11.2. The maximum absolute atomic E-state index is 12.9. The van der Waals surface area contributed by atoms with Gasteiger partial charge in [-0.25, -0.2) is 0 Å². The van der Waals surface area contributed by atoms with Crippen molar-refractivity contribution < 1.29 is 33.3 Å². The monoisotopic (exact) mass is 518 g/mol. The molecule has 0 bridgehead atoms. The number of methoxy groups -OCH3 is 1. The number of halogens is 1. The van der Waals surface area contributed by atoms with Gasteiger partial charge in [0.1, 0.15) is 12.4 Å². The van der Waals surface area contributed by atoms with E-state index in [1.807, 2.05) is 6.07 Å². The van der Waals surface area contributed by atoms with Crippen molar-refractivity contribution in [2.45, 2.75) is 33.6 Å². The zero-order chi connectivity index (χ0) is 21.9. The van der Waals surface area contributed by atoms with Crippen LogP contribution in [0.15, 0.2) is 30.4 Å². The molecule has 1 aromatic rings. The summed E-state index contributed by atoms with van der Waals surface area (Å²) in [7, 11) is 1.55. The molecule has 1 aromatic carbocycles. The quantitative estimate of drug-likeness (QED) is 0.146. The first kappa shape index (κ1) is 24.9. The summed E-state index contributed by atoms with van der Waals surface area (Å²) in [5, 5.41) is 0. The third kappa shape index (κ3) is 7.34. The number of allylic oxidation sites excluding steroid dienone is 1. The van der Waals surface area contributed by atoms with Crippen LogP contribution in [0.25, 0.3) is 0 Å². The summed E-state index contributed by atoms with van der Waals surface area (Å²) in [5.74, 6) is -1.11. The van der Waals surface area contributed by atoms with Crippen LogP contribution in [-0.4, -0.2) is 44.8 Å².